The molecule has 0 bridgehead atoms. The van der Waals surface area contributed by atoms with Gasteiger partial charge in [-0.15, -0.1) is 0 Å². The first-order chi connectivity index (χ1) is 10.2. The number of alkyl carbamates (subject to hydrolysis) is 1. The predicted molar refractivity (Wildman–Crippen MR) is 79.5 cm³/mol. The van der Waals surface area contributed by atoms with Crippen LogP contribution in [0.3, 0.4) is 0 Å². The second kappa shape index (κ2) is 7.48. The number of rotatable bonds is 6. The highest BCUT2D eigenvalue weighted by Gasteiger charge is 2.22. The Labute approximate surface area is 128 Å². The van der Waals surface area contributed by atoms with Crippen LogP contribution >= 0.6 is 0 Å². The number of amides is 1. The van der Waals surface area contributed by atoms with Gasteiger partial charge in [0, 0.05) is 18.8 Å². The number of hydrogen-bond acceptors (Lipinski definition) is 6. The number of carbonyl (C=O) groups excluding carboxylic acids is 1. The molecule has 8 nitrogen and oxygen atoms in total. The second-order valence-electron chi connectivity index (χ2n) is 5.64. The largest absolute Gasteiger partial charge is 0.490 e. The molecule has 0 spiro atoms. The zero-order chi connectivity index (χ0) is 16.8. The summed E-state index contributed by atoms with van der Waals surface area (Å²) in [5.41, 5.74) is 5.31. The highest BCUT2D eigenvalue weighted by atomic mass is 16.6. The Morgan fingerprint density at radius 2 is 2.14 bits per heavy atom. The number of nitrogens with two attached hydrogens (primary N) is 1. The SMILES string of the molecule is CC(C)(C)OC(=O)NCC(COc1ccncc1N)C(=O)O. The van der Waals surface area contributed by atoms with Crippen molar-refractivity contribution in [3.8, 4) is 5.75 Å². The minimum absolute atomic E-state index is 0.116. The van der Waals surface area contributed by atoms with Gasteiger partial charge in [-0.25, -0.2) is 4.79 Å². The molecule has 0 aliphatic heterocycles. The molecule has 1 aromatic heterocycles. The lowest BCUT2D eigenvalue weighted by Crippen LogP contribution is -2.39. The van der Waals surface area contributed by atoms with E-state index in [9.17, 15) is 9.59 Å². The summed E-state index contributed by atoms with van der Waals surface area (Å²) < 4.78 is 10.4. The van der Waals surface area contributed by atoms with Crippen molar-refractivity contribution in [3.05, 3.63) is 18.5 Å². The Morgan fingerprint density at radius 1 is 1.45 bits per heavy atom. The molecule has 0 radical (unpaired) electrons. The first kappa shape index (κ1) is 17.5. The average Bonchev–Trinajstić information content (AvgIpc) is 2.38. The van der Waals surface area contributed by atoms with Crippen molar-refractivity contribution >= 4 is 17.7 Å². The van der Waals surface area contributed by atoms with Crippen LogP contribution in [0.2, 0.25) is 0 Å². The van der Waals surface area contributed by atoms with Crippen LogP contribution in [-0.4, -0.2) is 40.9 Å². The summed E-state index contributed by atoms with van der Waals surface area (Å²) in [6.45, 7) is 4.90. The molecule has 0 aliphatic carbocycles. The summed E-state index contributed by atoms with van der Waals surface area (Å²) in [6.07, 6.45) is 2.21. The van der Waals surface area contributed by atoms with Crippen LogP contribution < -0.4 is 15.8 Å². The van der Waals surface area contributed by atoms with E-state index in [1.54, 1.807) is 20.8 Å². The van der Waals surface area contributed by atoms with Crippen LogP contribution in [-0.2, 0) is 9.53 Å². The summed E-state index contributed by atoms with van der Waals surface area (Å²) in [5.74, 6) is -1.68. The van der Waals surface area contributed by atoms with Gasteiger partial charge in [0.15, 0.2) is 0 Å². The maximum Gasteiger partial charge on any atom is 0.407 e. The van der Waals surface area contributed by atoms with Crippen LogP contribution in [0.25, 0.3) is 0 Å². The summed E-state index contributed by atoms with van der Waals surface area (Å²) >= 11 is 0. The lowest BCUT2D eigenvalue weighted by atomic mass is 10.1. The Hall–Kier alpha value is -2.51. The van der Waals surface area contributed by atoms with E-state index >= 15 is 0 Å². The minimum Gasteiger partial charge on any atom is -0.490 e. The van der Waals surface area contributed by atoms with Crippen LogP contribution in [0.4, 0.5) is 10.5 Å². The molecule has 0 saturated carbocycles. The molecule has 4 N–H and O–H groups in total. The average molecular weight is 311 g/mol. The molecule has 1 amide bonds. The van der Waals surface area contributed by atoms with Gasteiger partial charge in [0.1, 0.15) is 23.9 Å². The quantitative estimate of drug-likeness (QED) is 0.722. The monoisotopic (exact) mass is 311 g/mol. The Bertz CT molecular complexity index is 527. The number of nitrogens with zero attached hydrogens (tertiary/aromatic N) is 1. The Kier molecular flexibility index (Phi) is 5.97. The van der Waals surface area contributed by atoms with E-state index in [1.165, 1.54) is 18.5 Å². The molecule has 1 atom stereocenters. The van der Waals surface area contributed by atoms with Crippen molar-refractivity contribution in [2.24, 2.45) is 5.92 Å². The first-order valence-electron chi connectivity index (χ1n) is 6.71. The highest BCUT2D eigenvalue weighted by molar-refractivity contribution is 5.72. The van der Waals surface area contributed by atoms with E-state index in [1.807, 2.05) is 0 Å². The molecule has 122 valence electrons. The van der Waals surface area contributed by atoms with Gasteiger partial charge in [0.05, 0.1) is 11.9 Å². The number of anilines is 1. The number of nitrogen functional groups attached to an aromatic ring is 1. The van der Waals surface area contributed by atoms with Gasteiger partial charge in [-0.2, -0.15) is 0 Å². The molecule has 1 rings (SSSR count). The topological polar surface area (TPSA) is 124 Å². The zero-order valence-corrected chi connectivity index (χ0v) is 12.8. The van der Waals surface area contributed by atoms with Crippen LogP contribution in [0, 0.1) is 5.92 Å². The van der Waals surface area contributed by atoms with Gasteiger partial charge >= 0.3 is 12.1 Å². The van der Waals surface area contributed by atoms with Crippen molar-refractivity contribution in [1.29, 1.82) is 0 Å². The van der Waals surface area contributed by atoms with E-state index in [0.717, 1.165) is 0 Å². The molecular weight excluding hydrogens is 290 g/mol. The molecule has 22 heavy (non-hydrogen) atoms. The maximum absolute atomic E-state index is 11.5. The van der Waals surface area contributed by atoms with Crippen LogP contribution in [0.5, 0.6) is 5.75 Å². The van der Waals surface area contributed by atoms with Gasteiger partial charge < -0.3 is 25.6 Å². The molecule has 1 aromatic rings. The van der Waals surface area contributed by atoms with Crippen molar-refractivity contribution < 1.29 is 24.2 Å². The van der Waals surface area contributed by atoms with Crippen molar-refractivity contribution in [3.63, 3.8) is 0 Å². The first-order valence-corrected chi connectivity index (χ1v) is 6.71. The third-order valence-electron chi connectivity index (χ3n) is 2.49. The minimum atomic E-state index is -1.09. The Balaban J connectivity index is 2.51. The van der Waals surface area contributed by atoms with Gasteiger partial charge in [0.2, 0.25) is 0 Å². The summed E-state index contributed by atoms with van der Waals surface area (Å²) in [6, 6.07) is 1.54. The highest BCUT2D eigenvalue weighted by Crippen LogP contribution is 2.19. The molecule has 0 saturated heterocycles. The number of carbonyl (C=O) groups is 2. The standard InChI is InChI=1S/C14H21N3O5/c1-14(2,3)22-13(20)17-6-9(12(18)19)8-21-11-4-5-16-7-10(11)15/h4-5,7,9H,6,8,15H2,1-3H3,(H,17,20)(H,18,19). The normalized spacial score (nSPS) is 12.3. The van der Waals surface area contributed by atoms with Crippen molar-refractivity contribution in [1.82, 2.24) is 10.3 Å². The van der Waals surface area contributed by atoms with E-state index < -0.39 is 23.6 Å². The fourth-order valence-electron chi connectivity index (χ4n) is 1.45. The Morgan fingerprint density at radius 3 is 2.68 bits per heavy atom. The maximum atomic E-state index is 11.5. The smallest absolute Gasteiger partial charge is 0.407 e. The van der Waals surface area contributed by atoms with Crippen LogP contribution in [0.15, 0.2) is 18.5 Å². The lowest BCUT2D eigenvalue weighted by molar-refractivity contribution is -0.142. The lowest BCUT2D eigenvalue weighted by Gasteiger charge is -2.21. The number of pyridine rings is 1. The fraction of sp³-hybridized carbons (Fsp3) is 0.500. The molecular formula is C14H21N3O5. The number of hydrogen-bond donors (Lipinski definition) is 3. The van der Waals surface area contributed by atoms with E-state index in [2.05, 4.69) is 10.3 Å². The van der Waals surface area contributed by atoms with Gasteiger partial charge in [-0.3, -0.25) is 9.78 Å². The van der Waals surface area contributed by atoms with Crippen molar-refractivity contribution in [2.75, 3.05) is 18.9 Å². The second-order valence-corrected chi connectivity index (χ2v) is 5.64. The van der Waals surface area contributed by atoms with Crippen LogP contribution in [0.1, 0.15) is 20.8 Å². The number of carboxylic acids is 1. The zero-order valence-electron chi connectivity index (χ0n) is 12.8. The summed E-state index contributed by atoms with van der Waals surface area (Å²) in [5, 5.41) is 11.6. The number of ether oxygens (including phenoxy) is 2. The van der Waals surface area contributed by atoms with E-state index in [-0.39, 0.29) is 13.2 Å². The van der Waals surface area contributed by atoms with Gasteiger partial charge in [-0.1, -0.05) is 0 Å². The number of aliphatic carboxylic acids is 1. The van der Waals surface area contributed by atoms with E-state index in [4.69, 9.17) is 20.3 Å². The molecule has 8 heteroatoms. The number of carboxylic acid groups (broad SMARTS) is 1. The molecule has 1 unspecified atom stereocenters. The molecule has 1 heterocycles. The number of aromatic nitrogens is 1. The molecule has 0 aromatic carbocycles. The van der Waals surface area contributed by atoms with Gasteiger partial charge in [-0.05, 0) is 20.8 Å². The third-order valence-corrected chi connectivity index (χ3v) is 2.49. The summed E-state index contributed by atoms with van der Waals surface area (Å²) in [7, 11) is 0. The van der Waals surface area contributed by atoms with Crippen molar-refractivity contribution in [2.45, 2.75) is 26.4 Å². The van der Waals surface area contributed by atoms with Gasteiger partial charge in [0.25, 0.3) is 0 Å². The predicted octanol–water partition coefficient (Wildman–Crippen LogP) is 1.27. The third kappa shape index (κ3) is 6.29. The molecule has 0 fully saturated rings. The number of nitrogens with one attached hydrogen (secondary N) is 1. The van der Waals surface area contributed by atoms with E-state index in [0.29, 0.717) is 11.4 Å². The molecule has 0 aliphatic rings. The fourth-order valence-corrected chi connectivity index (χ4v) is 1.45. The summed E-state index contributed by atoms with van der Waals surface area (Å²) in [4.78, 5) is 26.5.